The molecule has 0 unspecified atom stereocenters. The molecular formula is C16H17NO4S. The summed E-state index contributed by atoms with van der Waals surface area (Å²) < 4.78 is 0. The molecule has 2 aromatic rings. The molecule has 1 heterocycles. The predicted octanol–water partition coefficient (Wildman–Crippen LogP) is 2.99. The van der Waals surface area contributed by atoms with Gasteiger partial charge in [-0.3, -0.25) is 4.79 Å². The number of rotatable bonds is 6. The molecule has 0 saturated carbocycles. The number of aromatic nitrogens is 1. The van der Waals surface area contributed by atoms with Crippen LogP contribution in [0.25, 0.3) is 0 Å². The molecule has 0 saturated heterocycles. The van der Waals surface area contributed by atoms with Crippen LogP contribution < -0.4 is 0 Å². The predicted molar refractivity (Wildman–Crippen MR) is 83.6 cm³/mol. The first-order chi connectivity index (χ1) is 10.3. The summed E-state index contributed by atoms with van der Waals surface area (Å²) in [5, 5.41) is 20.4. The summed E-state index contributed by atoms with van der Waals surface area (Å²) in [7, 11) is 0. The van der Waals surface area contributed by atoms with E-state index in [4.69, 9.17) is 10.2 Å². The van der Waals surface area contributed by atoms with E-state index in [0.29, 0.717) is 12.1 Å². The van der Waals surface area contributed by atoms with Crippen LogP contribution in [-0.2, 0) is 23.1 Å². The molecule has 22 heavy (non-hydrogen) atoms. The van der Waals surface area contributed by atoms with E-state index in [1.54, 1.807) is 29.6 Å². The smallest absolute Gasteiger partial charge is 0.335 e. The lowest BCUT2D eigenvalue weighted by molar-refractivity contribution is -0.136. The summed E-state index contributed by atoms with van der Waals surface area (Å²) in [6.07, 6.45) is 0.632. The van der Waals surface area contributed by atoms with Crippen molar-refractivity contribution in [1.82, 2.24) is 4.98 Å². The quantitative estimate of drug-likeness (QED) is 0.854. The van der Waals surface area contributed by atoms with E-state index >= 15 is 0 Å². The summed E-state index contributed by atoms with van der Waals surface area (Å²) in [4.78, 5) is 26.0. The van der Waals surface area contributed by atoms with Gasteiger partial charge in [0.1, 0.15) is 0 Å². The average Bonchev–Trinajstić information content (AvgIpc) is 2.87. The van der Waals surface area contributed by atoms with Crippen LogP contribution >= 0.6 is 11.3 Å². The van der Waals surface area contributed by atoms with Crippen LogP contribution in [0.15, 0.2) is 29.6 Å². The van der Waals surface area contributed by atoms with Crippen molar-refractivity contribution in [2.45, 2.75) is 32.1 Å². The Balaban J connectivity index is 2.14. The summed E-state index contributed by atoms with van der Waals surface area (Å²) in [5.74, 6) is -1.83. The molecule has 1 aromatic heterocycles. The fourth-order valence-corrected chi connectivity index (χ4v) is 3.15. The maximum absolute atomic E-state index is 10.9. The molecule has 0 amide bonds. The molecule has 0 aliphatic carbocycles. The third-order valence-electron chi connectivity index (χ3n) is 3.31. The fourth-order valence-electron chi connectivity index (χ4n) is 2.21. The highest BCUT2D eigenvalue weighted by Gasteiger charge is 2.25. The third kappa shape index (κ3) is 3.92. The van der Waals surface area contributed by atoms with Gasteiger partial charge >= 0.3 is 11.9 Å². The number of carbonyl (C=O) groups is 2. The van der Waals surface area contributed by atoms with Crippen molar-refractivity contribution in [3.63, 3.8) is 0 Å². The molecule has 0 bridgehead atoms. The molecule has 2 rings (SSSR count). The van der Waals surface area contributed by atoms with Crippen molar-refractivity contribution in [2.75, 3.05) is 0 Å². The standard InChI is InChI=1S/C16H17NO4S/c1-16(2,15-17-12(9-22-15)7-13(18)19)8-10-3-5-11(6-4-10)14(20)21/h3-6,9H,7-8H2,1-2H3,(H,18,19)(H,20,21). The number of aromatic carboxylic acids is 1. The van der Waals surface area contributed by atoms with Crippen LogP contribution in [0.2, 0.25) is 0 Å². The van der Waals surface area contributed by atoms with Crippen molar-refractivity contribution < 1.29 is 19.8 Å². The second-order valence-electron chi connectivity index (χ2n) is 5.78. The van der Waals surface area contributed by atoms with Crippen molar-refractivity contribution in [1.29, 1.82) is 0 Å². The molecule has 1 aromatic carbocycles. The van der Waals surface area contributed by atoms with Gasteiger partial charge in [0.05, 0.1) is 22.7 Å². The van der Waals surface area contributed by atoms with E-state index in [1.807, 2.05) is 13.8 Å². The number of benzene rings is 1. The van der Waals surface area contributed by atoms with E-state index in [9.17, 15) is 9.59 Å². The number of hydrogen-bond acceptors (Lipinski definition) is 4. The highest BCUT2D eigenvalue weighted by atomic mass is 32.1. The molecule has 6 heteroatoms. The van der Waals surface area contributed by atoms with Gasteiger partial charge in [-0.25, -0.2) is 9.78 Å². The van der Waals surface area contributed by atoms with Crippen molar-refractivity contribution in [2.24, 2.45) is 0 Å². The van der Waals surface area contributed by atoms with Gasteiger partial charge in [-0.2, -0.15) is 0 Å². The summed E-state index contributed by atoms with van der Waals surface area (Å²) in [5.41, 5.74) is 1.61. The molecule has 0 atom stereocenters. The zero-order valence-electron chi connectivity index (χ0n) is 12.4. The first-order valence-corrected chi connectivity index (χ1v) is 7.65. The van der Waals surface area contributed by atoms with E-state index in [0.717, 1.165) is 10.6 Å². The van der Waals surface area contributed by atoms with Crippen molar-refractivity contribution in [3.8, 4) is 0 Å². The van der Waals surface area contributed by atoms with Gasteiger partial charge in [0.15, 0.2) is 0 Å². The van der Waals surface area contributed by atoms with Crippen molar-refractivity contribution >= 4 is 23.3 Å². The van der Waals surface area contributed by atoms with E-state index in [1.165, 1.54) is 11.3 Å². The maximum atomic E-state index is 10.9. The molecule has 0 fully saturated rings. The lowest BCUT2D eigenvalue weighted by Gasteiger charge is -2.22. The van der Waals surface area contributed by atoms with Crippen LogP contribution in [0.3, 0.4) is 0 Å². The molecule has 5 nitrogen and oxygen atoms in total. The van der Waals surface area contributed by atoms with Crippen LogP contribution in [0.1, 0.15) is 40.5 Å². The Labute approximate surface area is 132 Å². The van der Waals surface area contributed by atoms with Gasteiger partial charge in [0, 0.05) is 10.8 Å². The number of carboxylic acid groups (broad SMARTS) is 2. The summed E-state index contributed by atoms with van der Waals surface area (Å²) >= 11 is 1.46. The summed E-state index contributed by atoms with van der Waals surface area (Å²) in [6, 6.07) is 6.78. The molecular weight excluding hydrogens is 302 g/mol. The molecule has 0 aliphatic heterocycles. The third-order valence-corrected chi connectivity index (χ3v) is 4.57. The van der Waals surface area contributed by atoms with E-state index in [-0.39, 0.29) is 17.4 Å². The first kappa shape index (κ1) is 16.2. The number of hydrogen-bond donors (Lipinski definition) is 2. The molecule has 0 radical (unpaired) electrons. The molecule has 116 valence electrons. The van der Waals surface area contributed by atoms with E-state index < -0.39 is 11.9 Å². The Morgan fingerprint density at radius 2 is 1.82 bits per heavy atom. The normalized spacial score (nSPS) is 11.4. The van der Waals surface area contributed by atoms with Gasteiger partial charge in [0.25, 0.3) is 0 Å². The minimum atomic E-state index is -0.941. The van der Waals surface area contributed by atoms with Gasteiger partial charge in [-0.1, -0.05) is 26.0 Å². The van der Waals surface area contributed by atoms with Crippen LogP contribution in [0, 0.1) is 0 Å². The Hall–Kier alpha value is -2.21. The van der Waals surface area contributed by atoms with Gasteiger partial charge in [-0.15, -0.1) is 11.3 Å². The summed E-state index contributed by atoms with van der Waals surface area (Å²) in [6.45, 7) is 4.09. The Morgan fingerprint density at radius 1 is 1.18 bits per heavy atom. The average molecular weight is 319 g/mol. The lowest BCUT2D eigenvalue weighted by atomic mass is 9.86. The Bertz CT molecular complexity index is 688. The van der Waals surface area contributed by atoms with E-state index in [2.05, 4.69) is 4.98 Å². The number of thiazole rings is 1. The fraction of sp³-hybridized carbons (Fsp3) is 0.312. The SMILES string of the molecule is CC(C)(Cc1ccc(C(=O)O)cc1)c1nc(CC(=O)O)cs1. The molecule has 0 spiro atoms. The number of carboxylic acids is 2. The molecule has 0 aliphatic rings. The lowest BCUT2D eigenvalue weighted by Crippen LogP contribution is -2.20. The molecule has 2 N–H and O–H groups in total. The Kier molecular flexibility index (Phi) is 4.61. The largest absolute Gasteiger partial charge is 0.481 e. The zero-order chi connectivity index (χ0) is 16.3. The van der Waals surface area contributed by atoms with Crippen molar-refractivity contribution in [3.05, 3.63) is 51.5 Å². The minimum Gasteiger partial charge on any atom is -0.481 e. The number of nitrogens with zero attached hydrogens (tertiary/aromatic N) is 1. The monoisotopic (exact) mass is 319 g/mol. The van der Waals surface area contributed by atoms with Gasteiger partial charge < -0.3 is 10.2 Å². The second-order valence-corrected chi connectivity index (χ2v) is 6.64. The zero-order valence-corrected chi connectivity index (χ0v) is 13.2. The highest BCUT2D eigenvalue weighted by molar-refractivity contribution is 7.09. The van der Waals surface area contributed by atoms with Gasteiger partial charge in [0.2, 0.25) is 0 Å². The topological polar surface area (TPSA) is 87.5 Å². The van der Waals surface area contributed by atoms with Crippen LogP contribution in [0.5, 0.6) is 0 Å². The van der Waals surface area contributed by atoms with Crippen LogP contribution in [0.4, 0.5) is 0 Å². The minimum absolute atomic E-state index is 0.0696. The maximum Gasteiger partial charge on any atom is 0.335 e. The first-order valence-electron chi connectivity index (χ1n) is 6.77. The van der Waals surface area contributed by atoms with Gasteiger partial charge in [-0.05, 0) is 24.1 Å². The second kappa shape index (κ2) is 6.27. The van der Waals surface area contributed by atoms with Crippen LogP contribution in [-0.4, -0.2) is 27.1 Å². The highest BCUT2D eigenvalue weighted by Crippen LogP contribution is 2.30. The Morgan fingerprint density at radius 3 is 2.36 bits per heavy atom. The number of aliphatic carboxylic acids is 1.